The van der Waals surface area contributed by atoms with Crippen molar-refractivity contribution in [2.75, 3.05) is 0 Å². The van der Waals surface area contributed by atoms with E-state index in [1.165, 1.54) is 0 Å². The number of hydrogen-bond acceptors (Lipinski definition) is 2. The Kier molecular flexibility index (Phi) is 3.71. The number of aliphatic carboxylic acids is 1. The molecule has 3 N–H and O–H groups in total. The Morgan fingerprint density at radius 3 is 2.57 bits per heavy atom. The first-order valence-electron chi connectivity index (χ1n) is 6.82. The minimum absolute atomic E-state index is 0.496. The number of carbonyl (C=O) groups is 1. The van der Waals surface area contributed by atoms with Gasteiger partial charge in [0.2, 0.25) is 0 Å². The maximum Gasteiger partial charge on any atom is 0.325 e. The summed E-state index contributed by atoms with van der Waals surface area (Å²) in [7, 11) is 0. The van der Waals surface area contributed by atoms with Crippen molar-refractivity contribution in [2.24, 2.45) is 0 Å². The van der Waals surface area contributed by atoms with Crippen molar-refractivity contribution in [1.29, 1.82) is 0 Å². The Bertz CT molecular complexity index is 750. The van der Waals surface area contributed by atoms with E-state index in [0.29, 0.717) is 6.54 Å². The van der Waals surface area contributed by atoms with Gasteiger partial charge in [-0.2, -0.15) is 0 Å². The highest BCUT2D eigenvalue weighted by molar-refractivity contribution is 5.83. The lowest BCUT2D eigenvalue weighted by atomic mass is 10.1. The molecular weight excluding hydrogens is 264 g/mol. The van der Waals surface area contributed by atoms with Gasteiger partial charge in [0.1, 0.15) is 6.04 Å². The number of fused-ring (bicyclic) bond motifs is 1. The maximum atomic E-state index is 11.5. The molecule has 0 unspecified atom stereocenters. The van der Waals surface area contributed by atoms with Crippen LogP contribution in [-0.4, -0.2) is 16.1 Å². The smallest absolute Gasteiger partial charge is 0.325 e. The number of hydrogen-bond donors (Lipinski definition) is 3. The summed E-state index contributed by atoms with van der Waals surface area (Å²) in [5.74, 6) is -0.874. The fourth-order valence-electron chi connectivity index (χ4n) is 2.48. The number of nitrogens with one attached hydrogen (secondary N) is 2. The molecule has 0 fully saturated rings. The Hall–Kier alpha value is -2.59. The first-order chi connectivity index (χ1) is 10.3. The highest BCUT2D eigenvalue weighted by Crippen LogP contribution is 2.19. The van der Waals surface area contributed by atoms with Gasteiger partial charge in [-0.1, -0.05) is 48.5 Å². The Morgan fingerprint density at radius 2 is 1.81 bits per heavy atom. The van der Waals surface area contributed by atoms with Crippen molar-refractivity contribution in [2.45, 2.75) is 12.6 Å². The predicted molar refractivity (Wildman–Crippen MR) is 82.0 cm³/mol. The van der Waals surface area contributed by atoms with Crippen LogP contribution in [0.5, 0.6) is 0 Å². The van der Waals surface area contributed by atoms with Gasteiger partial charge in [0.25, 0.3) is 0 Å². The van der Waals surface area contributed by atoms with Gasteiger partial charge >= 0.3 is 5.97 Å². The second-order valence-corrected chi connectivity index (χ2v) is 4.92. The van der Waals surface area contributed by atoms with Gasteiger partial charge in [0, 0.05) is 23.6 Å². The van der Waals surface area contributed by atoms with Crippen molar-refractivity contribution in [3.05, 3.63) is 71.9 Å². The van der Waals surface area contributed by atoms with Gasteiger partial charge in [-0.05, 0) is 17.2 Å². The van der Waals surface area contributed by atoms with Gasteiger partial charge in [-0.25, -0.2) is 0 Å². The predicted octanol–water partition coefficient (Wildman–Crippen LogP) is 3.08. The summed E-state index contributed by atoms with van der Waals surface area (Å²) in [6, 6.07) is 16.5. The number of carboxylic acid groups (broad SMARTS) is 1. The summed E-state index contributed by atoms with van der Waals surface area (Å²) in [5, 5.41) is 13.6. The summed E-state index contributed by atoms with van der Waals surface area (Å²) >= 11 is 0. The number of aromatic nitrogens is 1. The number of rotatable bonds is 5. The number of H-pyrrole nitrogens is 1. The molecule has 4 nitrogen and oxygen atoms in total. The molecule has 3 rings (SSSR count). The molecule has 0 saturated heterocycles. The van der Waals surface area contributed by atoms with E-state index in [-0.39, 0.29) is 0 Å². The fraction of sp³-hybridized carbons (Fsp3) is 0.118. The number of aromatic amines is 1. The van der Waals surface area contributed by atoms with Crippen LogP contribution in [0.1, 0.15) is 17.2 Å². The van der Waals surface area contributed by atoms with Crippen LogP contribution in [-0.2, 0) is 11.3 Å². The van der Waals surface area contributed by atoms with Crippen molar-refractivity contribution >= 4 is 16.9 Å². The molecule has 21 heavy (non-hydrogen) atoms. The summed E-state index contributed by atoms with van der Waals surface area (Å²) in [6.45, 7) is 0.496. The van der Waals surface area contributed by atoms with Crippen molar-refractivity contribution in [1.82, 2.24) is 10.3 Å². The summed E-state index contributed by atoms with van der Waals surface area (Å²) in [5.41, 5.74) is 2.87. The van der Waals surface area contributed by atoms with E-state index in [2.05, 4.69) is 10.3 Å². The van der Waals surface area contributed by atoms with Crippen LogP contribution in [0, 0.1) is 0 Å². The first kappa shape index (κ1) is 13.4. The van der Waals surface area contributed by atoms with Crippen LogP contribution in [0.4, 0.5) is 0 Å². The van der Waals surface area contributed by atoms with Crippen LogP contribution < -0.4 is 5.32 Å². The highest BCUT2D eigenvalue weighted by atomic mass is 16.4. The molecule has 4 heteroatoms. The lowest BCUT2D eigenvalue weighted by molar-refractivity contribution is -0.139. The molecule has 1 aromatic heterocycles. The topological polar surface area (TPSA) is 65.1 Å². The van der Waals surface area contributed by atoms with Crippen LogP contribution in [0.15, 0.2) is 60.8 Å². The largest absolute Gasteiger partial charge is 0.480 e. The number of benzene rings is 2. The molecule has 3 aromatic rings. The molecule has 0 bridgehead atoms. The molecule has 106 valence electrons. The van der Waals surface area contributed by atoms with E-state index in [4.69, 9.17) is 0 Å². The second kappa shape index (κ2) is 5.81. The van der Waals surface area contributed by atoms with Gasteiger partial charge in [0.05, 0.1) is 0 Å². The van der Waals surface area contributed by atoms with Crippen molar-refractivity contribution < 1.29 is 9.90 Å². The molecule has 0 aliphatic rings. The third-order valence-electron chi connectivity index (χ3n) is 3.55. The zero-order valence-corrected chi connectivity index (χ0v) is 11.4. The normalized spacial score (nSPS) is 12.4. The van der Waals surface area contributed by atoms with E-state index >= 15 is 0 Å². The van der Waals surface area contributed by atoms with E-state index in [0.717, 1.165) is 22.0 Å². The first-order valence-corrected chi connectivity index (χ1v) is 6.82. The lowest BCUT2D eigenvalue weighted by Crippen LogP contribution is -2.27. The molecule has 1 atom stereocenters. The molecule has 0 aliphatic carbocycles. The minimum Gasteiger partial charge on any atom is -0.480 e. The van der Waals surface area contributed by atoms with Gasteiger partial charge in [0.15, 0.2) is 0 Å². The maximum absolute atomic E-state index is 11.5. The average molecular weight is 280 g/mol. The van der Waals surface area contributed by atoms with Crippen LogP contribution in [0.3, 0.4) is 0 Å². The molecule has 2 aromatic carbocycles. The lowest BCUT2D eigenvalue weighted by Gasteiger charge is -2.14. The summed E-state index contributed by atoms with van der Waals surface area (Å²) in [4.78, 5) is 14.6. The second-order valence-electron chi connectivity index (χ2n) is 4.92. The number of para-hydroxylation sites is 1. The Morgan fingerprint density at radius 1 is 1.10 bits per heavy atom. The SMILES string of the molecule is O=C(O)[C@H](NCc1c[nH]c2ccccc12)c1ccccc1. The molecule has 0 amide bonds. The van der Waals surface area contributed by atoms with Gasteiger partial charge < -0.3 is 10.1 Å². The van der Waals surface area contributed by atoms with E-state index in [1.807, 2.05) is 60.8 Å². The third-order valence-corrected chi connectivity index (χ3v) is 3.55. The Labute approximate surface area is 122 Å². The molecule has 1 heterocycles. The highest BCUT2D eigenvalue weighted by Gasteiger charge is 2.19. The van der Waals surface area contributed by atoms with Gasteiger partial charge in [-0.3, -0.25) is 10.1 Å². The average Bonchev–Trinajstić information content (AvgIpc) is 2.92. The van der Waals surface area contributed by atoms with Crippen LogP contribution >= 0.6 is 0 Å². The van der Waals surface area contributed by atoms with Crippen LogP contribution in [0.2, 0.25) is 0 Å². The molecule has 0 radical (unpaired) electrons. The molecular formula is C17H16N2O2. The molecule has 0 spiro atoms. The van der Waals surface area contributed by atoms with E-state index in [9.17, 15) is 9.90 Å². The molecule has 0 aliphatic heterocycles. The minimum atomic E-state index is -0.874. The zero-order chi connectivity index (χ0) is 14.7. The standard InChI is InChI=1S/C17H16N2O2/c20-17(21)16(12-6-2-1-3-7-12)19-11-13-10-18-15-9-5-4-8-14(13)15/h1-10,16,18-19H,11H2,(H,20,21)/t16-/m1/s1. The third kappa shape index (κ3) is 2.80. The monoisotopic (exact) mass is 280 g/mol. The summed E-state index contributed by atoms with van der Waals surface area (Å²) in [6.07, 6.45) is 1.92. The van der Waals surface area contributed by atoms with Crippen molar-refractivity contribution in [3.63, 3.8) is 0 Å². The van der Waals surface area contributed by atoms with E-state index < -0.39 is 12.0 Å². The fourth-order valence-corrected chi connectivity index (χ4v) is 2.48. The van der Waals surface area contributed by atoms with Crippen molar-refractivity contribution in [3.8, 4) is 0 Å². The quantitative estimate of drug-likeness (QED) is 0.673. The zero-order valence-electron chi connectivity index (χ0n) is 11.4. The summed E-state index contributed by atoms with van der Waals surface area (Å²) < 4.78 is 0. The Balaban J connectivity index is 1.80. The number of carboxylic acids is 1. The van der Waals surface area contributed by atoms with Gasteiger partial charge in [-0.15, -0.1) is 0 Å². The molecule has 0 saturated carbocycles. The van der Waals surface area contributed by atoms with Crippen LogP contribution in [0.25, 0.3) is 10.9 Å². The van der Waals surface area contributed by atoms with E-state index in [1.54, 1.807) is 0 Å².